The van der Waals surface area contributed by atoms with Gasteiger partial charge in [-0.1, -0.05) is 12.2 Å². The lowest BCUT2D eigenvalue weighted by atomic mass is 9.85. The number of hydrogen-bond acceptors (Lipinski definition) is 6. The molecule has 2 aliphatic rings. The summed E-state index contributed by atoms with van der Waals surface area (Å²) in [7, 11) is 0. The van der Waals surface area contributed by atoms with Crippen LogP contribution in [-0.2, 0) is 23.9 Å². The van der Waals surface area contributed by atoms with Crippen LogP contribution in [0.5, 0.6) is 0 Å². The van der Waals surface area contributed by atoms with Crippen LogP contribution in [0.15, 0.2) is 12.2 Å². The van der Waals surface area contributed by atoms with Gasteiger partial charge < -0.3 is 10.1 Å². The number of imide groups is 2. The molecule has 28 heavy (non-hydrogen) atoms. The third-order valence-corrected chi connectivity index (χ3v) is 4.20. The maximum Gasteiger partial charge on any atom is 0.405 e. The van der Waals surface area contributed by atoms with Crippen LogP contribution in [0.4, 0.5) is 18.0 Å². The number of esters is 1. The summed E-state index contributed by atoms with van der Waals surface area (Å²) in [4.78, 5) is 59.5. The van der Waals surface area contributed by atoms with Crippen LogP contribution in [0.1, 0.15) is 19.3 Å². The number of ether oxygens (including phenoxy) is 1. The molecule has 1 aliphatic carbocycles. The van der Waals surface area contributed by atoms with Crippen LogP contribution in [-0.4, -0.2) is 60.5 Å². The van der Waals surface area contributed by atoms with E-state index in [9.17, 15) is 37.1 Å². The van der Waals surface area contributed by atoms with Crippen LogP contribution in [0, 0.1) is 11.8 Å². The summed E-state index contributed by atoms with van der Waals surface area (Å²) >= 11 is 0. The molecule has 154 valence electrons. The predicted molar refractivity (Wildman–Crippen MR) is 85.2 cm³/mol. The third-order valence-electron chi connectivity index (χ3n) is 4.20. The number of nitrogens with one attached hydrogen (secondary N) is 2. The van der Waals surface area contributed by atoms with Crippen LogP contribution < -0.4 is 10.6 Å². The number of alkyl halides is 3. The number of allylic oxidation sites excluding steroid dienone is 2. The minimum atomic E-state index is -4.63. The molecule has 0 aromatic carbocycles. The number of rotatable bonds is 6. The minimum absolute atomic E-state index is 0.197. The molecule has 1 saturated heterocycles. The number of hydrogen-bond donors (Lipinski definition) is 2. The van der Waals surface area contributed by atoms with E-state index in [4.69, 9.17) is 0 Å². The Balaban J connectivity index is 1.69. The molecule has 0 bridgehead atoms. The van der Waals surface area contributed by atoms with Crippen molar-refractivity contribution < 1.29 is 41.9 Å². The second-order valence-corrected chi connectivity index (χ2v) is 6.24. The summed E-state index contributed by atoms with van der Waals surface area (Å²) in [5.74, 6) is -3.58. The van der Waals surface area contributed by atoms with Gasteiger partial charge >= 0.3 is 18.2 Å². The fourth-order valence-electron chi connectivity index (χ4n) is 2.90. The summed E-state index contributed by atoms with van der Waals surface area (Å²) in [6.45, 7) is -2.71. The molecule has 9 nitrogen and oxygen atoms in total. The third kappa shape index (κ3) is 5.79. The van der Waals surface area contributed by atoms with E-state index in [-0.39, 0.29) is 24.8 Å². The largest absolute Gasteiger partial charge is 0.456 e. The van der Waals surface area contributed by atoms with Gasteiger partial charge in [-0.25, -0.2) is 4.79 Å². The monoisotopic (exact) mass is 405 g/mol. The first-order valence-electron chi connectivity index (χ1n) is 8.39. The van der Waals surface area contributed by atoms with Gasteiger partial charge in [0.25, 0.3) is 5.91 Å². The second-order valence-electron chi connectivity index (χ2n) is 6.24. The van der Waals surface area contributed by atoms with E-state index >= 15 is 0 Å². The average molecular weight is 405 g/mol. The van der Waals surface area contributed by atoms with Gasteiger partial charge in [-0.2, -0.15) is 13.2 Å². The Morgan fingerprint density at radius 2 is 1.68 bits per heavy atom. The van der Waals surface area contributed by atoms with E-state index in [0.717, 1.165) is 4.90 Å². The first-order chi connectivity index (χ1) is 13.1. The Morgan fingerprint density at radius 1 is 1.11 bits per heavy atom. The second kappa shape index (κ2) is 8.85. The molecule has 12 heteroatoms. The van der Waals surface area contributed by atoms with E-state index in [1.54, 1.807) is 5.32 Å². The summed E-state index contributed by atoms with van der Waals surface area (Å²) in [5.41, 5.74) is 0. The summed E-state index contributed by atoms with van der Waals surface area (Å²) in [6, 6.07) is -1.39. The van der Waals surface area contributed by atoms with E-state index in [2.05, 4.69) is 4.74 Å². The van der Waals surface area contributed by atoms with Crippen molar-refractivity contribution in [3.8, 4) is 0 Å². The van der Waals surface area contributed by atoms with Gasteiger partial charge in [-0.3, -0.25) is 29.4 Å². The highest BCUT2D eigenvalue weighted by molar-refractivity contribution is 6.05. The molecule has 2 N–H and O–H groups in total. The zero-order valence-electron chi connectivity index (χ0n) is 14.6. The number of nitrogens with zero attached hydrogens (tertiary/aromatic N) is 1. The number of carbonyl (C=O) groups is 5. The number of fused-ring (bicyclic) bond motifs is 1. The Morgan fingerprint density at radius 3 is 2.21 bits per heavy atom. The number of urea groups is 1. The molecule has 0 unspecified atom stereocenters. The molecule has 0 aromatic rings. The quantitative estimate of drug-likeness (QED) is 0.371. The topological polar surface area (TPSA) is 122 Å². The Bertz CT molecular complexity index is 680. The van der Waals surface area contributed by atoms with Gasteiger partial charge in [0.05, 0.1) is 18.3 Å². The summed E-state index contributed by atoms with van der Waals surface area (Å²) < 4.78 is 40.3. The van der Waals surface area contributed by atoms with Crippen molar-refractivity contribution >= 4 is 29.7 Å². The molecule has 0 spiro atoms. The van der Waals surface area contributed by atoms with Gasteiger partial charge in [0.2, 0.25) is 11.8 Å². The normalized spacial score (nSPS) is 21.3. The lowest BCUT2D eigenvalue weighted by Crippen LogP contribution is -2.44. The average Bonchev–Trinajstić information content (AvgIpc) is 2.87. The van der Waals surface area contributed by atoms with Gasteiger partial charge in [-0.05, 0) is 12.8 Å². The van der Waals surface area contributed by atoms with Gasteiger partial charge in [-0.15, -0.1) is 0 Å². The first-order valence-corrected chi connectivity index (χ1v) is 8.39. The highest BCUT2D eigenvalue weighted by Crippen LogP contribution is 2.34. The highest BCUT2D eigenvalue weighted by atomic mass is 19.4. The predicted octanol–water partition coefficient (Wildman–Crippen LogP) is 0.259. The van der Waals surface area contributed by atoms with E-state index < -0.39 is 49.1 Å². The zero-order chi connectivity index (χ0) is 20.9. The Kier molecular flexibility index (Phi) is 6.75. The molecular formula is C16H18F3N3O6. The molecule has 2 rings (SSSR count). The molecule has 5 amide bonds. The van der Waals surface area contributed by atoms with Crippen molar-refractivity contribution in [1.82, 2.24) is 15.5 Å². The highest BCUT2D eigenvalue weighted by Gasteiger charge is 2.46. The van der Waals surface area contributed by atoms with Crippen LogP contribution in [0.25, 0.3) is 0 Å². The van der Waals surface area contributed by atoms with Crippen molar-refractivity contribution in [3.63, 3.8) is 0 Å². The maximum absolute atomic E-state index is 12.2. The number of likely N-dealkylation sites (tertiary alicyclic amines) is 1. The van der Waals surface area contributed by atoms with Crippen molar-refractivity contribution in [2.45, 2.75) is 25.4 Å². The lowest BCUT2D eigenvalue weighted by molar-refractivity contribution is -0.149. The molecular weight excluding hydrogens is 387 g/mol. The molecule has 2 atom stereocenters. The molecule has 0 saturated carbocycles. The van der Waals surface area contributed by atoms with Gasteiger partial charge in [0.15, 0.2) is 6.61 Å². The molecule has 1 aliphatic heterocycles. The van der Waals surface area contributed by atoms with E-state index in [1.807, 2.05) is 12.2 Å². The Hall–Kier alpha value is -2.92. The fraction of sp³-hybridized carbons (Fsp3) is 0.562. The van der Waals surface area contributed by atoms with E-state index in [0.29, 0.717) is 12.8 Å². The van der Waals surface area contributed by atoms with E-state index in [1.165, 1.54) is 5.32 Å². The van der Waals surface area contributed by atoms with Gasteiger partial charge in [0.1, 0.15) is 6.54 Å². The minimum Gasteiger partial charge on any atom is -0.456 e. The number of halogens is 3. The molecule has 1 heterocycles. The van der Waals surface area contributed by atoms with Crippen LogP contribution >= 0.6 is 0 Å². The Labute approximate surface area is 157 Å². The molecule has 0 radical (unpaired) electrons. The number of carbonyl (C=O) groups excluding carboxylic acids is 5. The van der Waals surface area contributed by atoms with Crippen LogP contribution in [0.3, 0.4) is 0 Å². The van der Waals surface area contributed by atoms with Crippen molar-refractivity contribution in [3.05, 3.63) is 12.2 Å². The van der Waals surface area contributed by atoms with Crippen molar-refractivity contribution in [2.24, 2.45) is 11.8 Å². The summed E-state index contributed by atoms with van der Waals surface area (Å²) in [5, 5.41) is 2.98. The first kappa shape index (κ1) is 21.4. The maximum atomic E-state index is 12.2. The molecule has 0 aromatic heterocycles. The smallest absolute Gasteiger partial charge is 0.405 e. The number of amides is 5. The summed E-state index contributed by atoms with van der Waals surface area (Å²) in [6.07, 6.45) is -0.399. The van der Waals surface area contributed by atoms with Crippen molar-refractivity contribution in [1.29, 1.82) is 0 Å². The van der Waals surface area contributed by atoms with Gasteiger partial charge in [0, 0.05) is 6.54 Å². The fourth-order valence-corrected chi connectivity index (χ4v) is 2.90. The zero-order valence-corrected chi connectivity index (χ0v) is 14.6. The SMILES string of the molecule is O=C(COC(=O)CCN1C(=O)[C@H]2CC=CC[C@@H]2C1=O)NC(=O)NCC(F)(F)F. The van der Waals surface area contributed by atoms with Crippen molar-refractivity contribution in [2.75, 3.05) is 19.7 Å². The standard InChI is InChI=1S/C16H18F3N3O6/c17-16(18,19)8-20-15(27)21-11(23)7-28-12(24)5-6-22-13(25)9-3-1-2-4-10(9)14(22)26/h1-2,9-10H,3-8H2,(H2,20,21,23,27)/t9-,10-/m0/s1. The lowest BCUT2D eigenvalue weighted by Gasteiger charge is -2.14. The van der Waals surface area contributed by atoms with Crippen LogP contribution in [0.2, 0.25) is 0 Å². The molecule has 1 fully saturated rings.